The second kappa shape index (κ2) is 13.7. The molecule has 204 valence electrons. The fourth-order valence-electron chi connectivity index (χ4n) is 3.85. The first-order chi connectivity index (χ1) is 17.3. The van der Waals surface area contributed by atoms with Crippen LogP contribution in [0.25, 0.3) is 0 Å². The maximum Gasteiger partial charge on any atom is 0.242 e. The van der Waals surface area contributed by atoms with Crippen molar-refractivity contribution in [2.24, 2.45) is 5.92 Å². The van der Waals surface area contributed by atoms with Gasteiger partial charge in [-0.3, -0.25) is 13.9 Å². The molecule has 8 nitrogen and oxygen atoms in total. The molecule has 1 unspecified atom stereocenters. The van der Waals surface area contributed by atoms with Gasteiger partial charge in [0, 0.05) is 31.1 Å². The van der Waals surface area contributed by atoms with E-state index in [1.54, 1.807) is 39.2 Å². The van der Waals surface area contributed by atoms with Gasteiger partial charge in [0.05, 0.1) is 19.1 Å². The molecule has 2 rings (SSSR count). The highest BCUT2D eigenvalue weighted by Gasteiger charge is 2.27. The fourth-order valence-corrected chi connectivity index (χ4v) is 5.04. The summed E-state index contributed by atoms with van der Waals surface area (Å²) in [6.45, 7) is 8.29. The van der Waals surface area contributed by atoms with Crippen LogP contribution in [0.3, 0.4) is 0 Å². The third-order valence-electron chi connectivity index (χ3n) is 6.00. The summed E-state index contributed by atoms with van der Waals surface area (Å²) in [5.41, 5.74) is 1.96. The van der Waals surface area contributed by atoms with Crippen molar-refractivity contribution in [2.75, 3.05) is 30.8 Å². The van der Waals surface area contributed by atoms with Crippen LogP contribution < -0.4 is 14.4 Å². The Bertz CT molecular complexity index is 1190. The Morgan fingerprint density at radius 2 is 1.78 bits per heavy atom. The van der Waals surface area contributed by atoms with E-state index in [0.29, 0.717) is 28.6 Å². The normalized spacial score (nSPS) is 12.2. The van der Waals surface area contributed by atoms with Gasteiger partial charge in [-0.2, -0.15) is 0 Å². The molecule has 0 aliphatic rings. The van der Waals surface area contributed by atoms with Gasteiger partial charge in [0.25, 0.3) is 0 Å². The van der Waals surface area contributed by atoms with Crippen molar-refractivity contribution in [1.82, 2.24) is 10.2 Å². The maximum absolute atomic E-state index is 13.4. The first-order valence-electron chi connectivity index (χ1n) is 12.3. The lowest BCUT2D eigenvalue weighted by atomic mass is 10.1. The summed E-state index contributed by atoms with van der Waals surface area (Å²) in [5.74, 6) is 0.446. The molecule has 0 aliphatic heterocycles. The molecule has 0 bridgehead atoms. The topological polar surface area (TPSA) is 96.0 Å². The monoisotopic (exact) mass is 551 g/mol. The Morgan fingerprint density at radius 3 is 2.41 bits per heavy atom. The van der Waals surface area contributed by atoms with Gasteiger partial charge >= 0.3 is 0 Å². The molecular formula is C27H38ClN3O5S. The highest BCUT2D eigenvalue weighted by Crippen LogP contribution is 2.28. The summed E-state index contributed by atoms with van der Waals surface area (Å²) in [6, 6.07) is 11.7. The molecule has 0 saturated heterocycles. The number of carbonyl (C=O) groups is 2. The van der Waals surface area contributed by atoms with Crippen LogP contribution in [0.4, 0.5) is 5.69 Å². The van der Waals surface area contributed by atoms with E-state index >= 15 is 0 Å². The first kappa shape index (κ1) is 30.4. The molecule has 0 spiro atoms. The number of hydrogen-bond donors (Lipinski definition) is 1. The molecule has 0 fully saturated rings. The molecule has 1 N–H and O–H groups in total. The number of amides is 2. The van der Waals surface area contributed by atoms with E-state index in [0.717, 1.165) is 11.8 Å². The average Bonchev–Trinajstić information content (AvgIpc) is 2.84. The van der Waals surface area contributed by atoms with Crippen LogP contribution in [-0.4, -0.2) is 57.6 Å². The molecule has 0 radical (unpaired) electrons. The van der Waals surface area contributed by atoms with Crippen LogP contribution in [0, 0.1) is 12.8 Å². The predicted octanol–water partition coefficient (Wildman–Crippen LogP) is 4.39. The van der Waals surface area contributed by atoms with Crippen molar-refractivity contribution in [3.63, 3.8) is 0 Å². The minimum absolute atomic E-state index is 0.0669. The highest BCUT2D eigenvalue weighted by molar-refractivity contribution is 7.92. The van der Waals surface area contributed by atoms with E-state index in [4.69, 9.17) is 16.3 Å². The van der Waals surface area contributed by atoms with E-state index in [2.05, 4.69) is 5.32 Å². The summed E-state index contributed by atoms with van der Waals surface area (Å²) in [7, 11) is -2.04. The van der Waals surface area contributed by atoms with Gasteiger partial charge in [0.15, 0.2) is 0 Å². The van der Waals surface area contributed by atoms with Crippen molar-refractivity contribution in [3.05, 3.63) is 58.6 Å². The summed E-state index contributed by atoms with van der Waals surface area (Å²) >= 11 is 6.21. The minimum Gasteiger partial charge on any atom is -0.497 e. The zero-order valence-electron chi connectivity index (χ0n) is 22.5. The summed E-state index contributed by atoms with van der Waals surface area (Å²) in [4.78, 5) is 27.8. The number of nitrogens with zero attached hydrogens (tertiary/aromatic N) is 2. The Balaban J connectivity index is 2.21. The van der Waals surface area contributed by atoms with Crippen LogP contribution in [0.2, 0.25) is 5.02 Å². The number of benzene rings is 2. The number of hydrogen-bond acceptors (Lipinski definition) is 5. The van der Waals surface area contributed by atoms with Gasteiger partial charge in [0.1, 0.15) is 11.8 Å². The SMILES string of the molecule is COc1cccc(CN(C(=O)CCCN(c2cccc(Cl)c2C)S(C)(=O)=O)C(C)C(=O)NCC(C)C)c1. The molecule has 10 heteroatoms. The number of sulfonamides is 1. The van der Waals surface area contributed by atoms with Crippen molar-refractivity contribution in [1.29, 1.82) is 0 Å². The molecule has 2 aromatic rings. The van der Waals surface area contributed by atoms with Gasteiger partial charge in [-0.25, -0.2) is 8.42 Å². The summed E-state index contributed by atoms with van der Waals surface area (Å²) in [5, 5.41) is 3.36. The minimum atomic E-state index is -3.61. The molecule has 0 saturated carbocycles. The van der Waals surface area contributed by atoms with Crippen molar-refractivity contribution in [3.8, 4) is 5.75 Å². The molecule has 1 atom stereocenters. The number of methoxy groups -OCH3 is 1. The summed E-state index contributed by atoms with van der Waals surface area (Å²) < 4.78 is 31.7. The van der Waals surface area contributed by atoms with E-state index < -0.39 is 16.1 Å². The molecule has 37 heavy (non-hydrogen) atoms. The van der Waals surface area contributed by atoms with Crippen molar-refractivity contribution < 1.29 is 22.7 Å². The number of halogens is 1. The van der Waals surface area contributed by atoms with Gasteiger partial charge in [-0.15, -0.1) is 0 Å². The van der Waals surface area contributed by atoms with Crippen LogP contribution in [0.5, 0.6) is 5.75 Å². The van der Waals surface area contributed by atoms with Gasteiger partial charge in [-0.05, 0) is 61.6 Å². The van der Waals surface area contributed by atoms with Gasteiger partial charge < -0.3 is 15.0 Å². The lowest BCUT2D eigenvalue weighted by molar-refractivity contribution is -0.140. The molecule has 2 aromatic carbocycles. The van der Waals surface area contributed by atoms with Gasteiger partial charge in [0.2, 0.25) is 21.8 Å². The molecule has 0 heterocycles. The van der Waals surface area contributed by atoms with Gasteiger partial charge in [-0.1, -0.05) is 43.6 Å². The second-order valence-electron chi connectivity index (χ2n) is 9.51. The third kappa shape index (κ3) is 8.93. The zero-order chi connectivity index (χ0) is 27.8. The number of rotatable bonds is 13. The largest absolute Gasteiger partial charge is 0.497 e. The highest BCUT2D eigenvalue weighted by atomic mass is 35.5. The number of nitrogens with one attached hydrogen (secondary N) is 1. The predicted molar refractivity (Wildman–Crippen MR) is 148 cm³/mol. The molecular weight excluding hydrogens is 514 g/mol. The molecule has 0 aromatic heterocycles. The van der Waals surface area contributed by atoms with E-state index in [-0.39, 0.29) is 43.7 Å². The maximum atomic E-state index is 13.4. The standard InChI is InChI=1S/C27H38ClN3O5S/c1-19(2)17-29-27(33)21(4)30(18-22-10-7-11-23(16-22)36-5)26(32)14-9-15-31(37(6,34)35)25-13-8-12-24(28)20(25)3/h7-8,10-13,16,19,21H,9,14-15,17-18H2,1-6H3,(H,29,33). The Kier molecular flexibility index (Phi) is 11.3. The lowest BCUT2D eigenvalue weighted by Crippen LogP contribution is -2.48. The summed E-state index contributed by atoms with van der Waals surface area (Å²) in [6.07, 6.45) is 1.47. The Labute approximate surface area is 226 Å². The second-order valence-corrected chi connectivity index (χ2v) is 11.8. The first-order valence-corrected chi connectivity index (χ1v) is 14.5. The smallest absolute Gasteiger partial charge is 0.242 e. The number of ether oxygens (including phenoxy) is 1. The van der Waals surface area contributed by atoms with E-state index in [1.165, 1.54) is 9.21 Å². The molecule has 0 aliphatic carbocycles. The third-order valence-corrected chi connectivity index (χ3v) is 7.59. The zero-order valence-corrected chi connectivity index (χ0v) is 24.0. The van der Waals surface area contributed by atoms with E-state index in [9.17, 15) is 18.0 Å². The van der Waals surface area contributed by atoms with Crippen LogP contribution in [-0.2, 0) is 26.2 Å². The Hall–Kier alpha value is -2.78. The average molecular weight is 552 g/mol. The van der Waals surface area contributed by atoms with E-state index in [1.807, 2.05) is 38.1 Å². The quantitative estimate of drug-likeness (QED) is 0.398. The number of carbonyl (C=O) groups excluding carboxylic acids is 2. The van der Waals surface area contributed by atoms with Crippen LogP contribution in [0.15, 0.2) is 42.5 Å². The molecule has 2 amide bonds. The lowest BCUT2D eigenvalue weighted by Gasteiger charge is -2.30. The Morgan fingerprint density at radius 1 is 1.11 bits per heavy atom. The van der Waals surface area contributed by atoms with Crippen LogP contribution in [0.1, 0.15) is 44.7 Å². The fraction of sp³-hybridized carbons (Fsp3) is 0.481. The van der Waals surface area contributed by atoms with Crippen LogP contribution >= 0.6 is 11.6 Å². The number of anilines is 1. The van der Waals surface area contributed by atoms with Crippen molar-refractivity contribution >= 4 is 39.1 Å². The van der Waals surface area contributed by atoms with Crippen molar-refractivity contribution in [2.45, 2.75) is 53.1 Å².